The van der Waals surface area contributed by atoms with Crippen LogP contribution in [-0.2, 0) is 5.54 Å². The summed E-state index contributed by atoms with van der Waals surface area (Å²) in [6.07, 6.45) is 2.96. The lowest BCUT2D eigenvalue weighted by molar-refractivity contribution is 0.0996. The summed E-state index contributed by atoms with van der Waals surface area (Å²) in [5, 5.41) is 16.0. The highest BCUT2D eigenvalue weighted by molar-refractivity contribution is 5.67. The molecule has 0 saturated carbocycles. The second-order valence-electron chi connectivity index (χ2n) is 4.27. The van der Waals surface area contributed by atoms with Gasteiger partial charge in [-0.25, -0.2) is 4.79 Å². The Bertz CT molecular complexity index is 442. The number of aromatic nitrogens is 2. The second-order valence-corrected chi connectivity index (χ2v) is 4.27. The number of aromatic amines is 1. The lowest BCUT2D eigenvalue weighted by atomic mass is 9.88. The highest BCUT2D eigenvalue weighted by atomic mass is 16.4. The first kappa shape index (κ1) is 11.5. The molecule has 1 atom stereocenters. The molecular formula is C11H16N4O2. The predicted octanol–water partition coefficient (Wildman–Crippen LogP) is 1.54. The Morgan fingerprint density at radius 1 is 1.82 bits per heavy atom. The Balaban J connectivity index is 2.44. The first-order chi connectivity index (χ1) is 8.10. The van der Waals surface area contributed by atoms with Crippen LogP contribution in [0.25, 0.3) is 0 Å². The molecule has 0 aliphatic carbocycles. The molecule has 1 aromatic heterocycles. The van der Waals surface area contributed by atoms with Gasteiger partial charge in [-0.15, -0.1) is 6.58 Å². The molecule has 1 amide bonds. The van der Waals surface area contributed by atoms with Gasteiger partial charge in [-0.05, 0) is 19.3 Å². The molecule has 2 rings (SSSR count). The maximum atomic E-state index is 11.3. The number of H-pyrrole nitrogens is 1. The molecule has 6 nitrogen and oxygen atoms in total. The fourth-order valence-corrected chi connectivity index (χ4v) is 2.57. The highest BCUT2D eigenvalue weighted by Crippen LogP contribution is 2.41. The van der Waals surface area contributed by atoms with Crippen molar-refractivity contribution in [2.45, 2.75) is 24.8 Å². The molecule has 1 aliphatic rings. The number of nitrogens with one attached hydrogen (secondary N) is 1. The maximum Gasteiger partial charge on any atom is 0.408 e. The minimum absolute atomic E-state index is 0.376. The normalized spacial score (nSPS) is 23.9. The minimum Gasteiger partial charge on any atom is -0.465 e. The van der Waals surface area contributed by atoms with Gasteiger partial charge in [0.15, 0.2) is 0 Å². The number of nitrogens with two attached hydrogens (primary N) is 1. The lowest BCUT2D eigenvalue weighted by Gasteiger charge is -2.35. The number of carbonyl (C=O) groups is 1. The average molecular weight is 236 g/mol. The van der Waals surface area contributed by atoms with Gasteiger partial charge in [0.1, 0.15) is 5.82 Å². The number of anilines is 1. The number of rotatable bonds is 3. The quantitative estimate of drug-likeness (QED) is 0.693. The lowest BCUT2D eigenvalue weighted by Crippen LogP contribution is -2.44. The molecular weight excluding hydrogens is 220 g/mol. The summed E-state index contributed by atoms with van der Waals surface area (Å²) in [6.45, 7) is 4.24. The van der Waals surface area contributed by atoms with Gasteiger partial charge in [-0.1, -0.05) is 6.08 Å². The molecule has 1 saturated heterocycles. The van der Waals surface area contributed by atoms with Gasteiger partial charge in [0.25, 0.3) is 0 Å². The average Bonchev–Trinajstić information content (AvgIpc) is 2.85. The topological polar surface area (TPSA) is 95.2 Å². The molecule has 0 bridgehead atoms. The molecule has 17 heavy (non-hydrogen) atoms. The largest absolute Gasteiger partial charge is 0.465 e. The third-order valence-corrected chi connectivity index (χ3v) is 3.30. The standard InChI is InChI=1S/C11H16N4O2/c1-2-4-11(8-7-9(12)14-13-8)5-3-6-15(11)10(16)17/h2,7H,1,3-6H2,(H,16,17)(H3,12,13,14). The molecule has 0 radical (unpaired) electrons. The van der Waals surface area contributed by atoms with Crippen molar-refractivity contribution in [2.75, 3.05) is 12.3 Å². The summed E-state index contributed by atoms with van der Waals surface area (Å²) >= 11 is 0. The molecule has 2 heterocycles. The summed E-state index contributed by atoms with van der Waals surface area (Å²) in [7, 11) is 0. The van der Waals surface area contributed by atoms with Crippen molar-refractivity contribution in [3.63, 3.8) is 0 Å². The van der Waals surface area contributed by atoms with Gasteiger partial charge in [-0.3, -0.25) is 10.00 Å². The van der Waals surface area contributed by atoms with Crippen molar-refractivity contribution >= 4 is 11.9 Å². The maximum absolute atomic E-state index is 11.3. The minimum atomic E-state index is -0.919. The predicted molar refractivity (Wildman–Crippen MR) is 63.5 cm³/mol. The van der Waals surface area contributed by atoms with E-state index in [4.69, 9.17) is 5.73 Å². The van der Waals surface area contributed by atoms with Crippen LogP contribution in [0.1, 0.15) is 25.0 Å². The van der Waals surface area contributed by atoms with Crippen LogP contribution in [0.5, 0.6) is 0 Å². The third-order valence-electron chi connectivity index (χ3n) is 3.30. The number of carboxylic acid groups (broad SMARTS) is 1. The molecule has 1 unspecified atom stereocenters. The number of hydrogen-bond donors (Lipinski definition) is 3. The summed E-state index contributed by atoms with van der Waals surface area (Å²) < 4.78 is 0. The highest BCUT2D eigenvalue weighted by Gasteiger charge is 2.45. The molecule has 4 N–H and O–H groups in total. The molecule has 0 spiro atoms. The van der Waals surface area contributed by atoms with Crippen LogP contribution in [0.15, 0.2) is 18.7 Å². The summed E-state index contributed by atoms with van der Waals surface area (Å²) in [5.41, 5.74) is 5.75. The number of likely N-dealkylation sites (tertiary alicyclic amines) is 1. The summed E-state index contributed by atoms with van der Waals surface area (Å²) in [6, 6.07) is 1.70. The van der Waals surface area contributed by atoms with E-state index < -0.39 is 11.6 Å². The van der Waals surface area contributed by atoms with Crippen molar-refractivity contribution in [3.8, 4) is 0 Å². The Morgan fingerprint density at radius 3 is 3.12 bits per heavy atom. The van der Waals surface area contributed by atoms with E-state index in [1.54, 1.807) is 12.1 Å². The Hall–Kier alpha value is -1.98. The molecule has 1 aliphatic heterocycles. The first-order valence-corrected chi connectivity index (χ1v) is 5.53. The van der Waals surface area contributed by atoms with Crippen LogP contribution < -0.4 is 5.73 Å². The fourth-order valence-electron chi connectivity index (χ4n) is 2.57. The molecule has 1 aromatic rings. The van der Waals surface area contributed by atoms with E-state index in [1.807, 2.05) is 0 Å². The van der Waals surface area contributed by atoms with Gasteiger partial charge in [0.05, 0.1) is 11.2 Å². The van der Waals surface area contributed by atoms with Crippen LogP contribution in [0.2, 0.25) is 0 Å². The van der Waals surface area contributed by atoms with Gasteiger partial charge < -0.3 is 10.8 Å². The number of amides is 1. The fraction of sp³-hybridized carbons (Fsp3) is 0.455. The van der Waals surface area contributed by atoms with Gasteiger partial charge in [0, 0.05) is 12.6 Å². The monoisotopic (exact) mass is 236 g/mol. The van der Waals surface area contributed by atoms with Crippen molar-refractivity contribution in [1.29, 1.82) is 0 Å². The SMILES string of the molecule is C=CCC1(c2cc(N)n[nH]2)CCCN1C(=O)O. The number of nitrogen functional groups attached to an aromatic ring is 1. The van der Waals surface area contributed by atoms with Crippen LogP contribution in [0.4, 0.5) is 10.6 Å². The van der Waals surface area contributed by atoms with E-state index in [1.165, 1.54) is 4.90 Å². The smallest absolute Gasteiger partial charge is 0.408 e. The van der Waals surface area contributed by atoms with E-state index in [0.29, 0.717) is 18.8 Å². The Morgan fingerprint density at radius 2 is 2.59 bits per heavy atom. The van der Waals surface area contributed by atoms with Crippen molar-refractivity contribution in [3.05, 3.63) is 24.4 Å². The van der Waals surface area contributed by atoms with E-state index in [2.05, 4.69) is 16.8 Å². The van der Waals surface area contributed by atoms with Crippen molar-refractivity contribution in [2.24, 2.45) is 0 Å². The van der Waals surface area contributed by atoms with E-state index >= 15 is 0 Å². The molecule has 1 fully saturated rings. The van der Waals surface area contributed by atoms with Crippen molar-refractivity contribution in [1.82, 2.24) is 15.1 Å². The van der Waals surface area contributed by atoms with Crippen molar-refractivity contribution < 1.29 is 9.90 Å². The second kappa shape index (κ2) is 4.12. The zero-order valence-corrected chi connectivity index (χ0v) is 9.52. The summed E-state index contributed by atoms with van der Waals surface area (Å²) in [4.78, 5) is 12.7. The first-order valence-electron chi connectivity index (χ1n) is 5.53. The zero-order chi connectivity index (χ0) is 12.5. The molecule has 0 aromatic carbocycles. The van der Waals surface area contributed by atoms with E-state index in [9.17, 15) is 9.90 Å². The number of nitrogens with zero attached hydrogens (tertiary/aromatic N) is 2. The van der Waals surface area contributed by atoms with Gasteiger partial charge >= 0.3 is 6.09 Å². The molecule has 92 valence electrons. The number of hydrogen-bond acceptors (Lipinski definition) is 3. The van der Waals surface area contributed by atoms with E-state index in [-0.39, 0.29) is 0 Å². The Labute approximate surface area is 99.1 Å². The van der Waals surface area contributed by atoms with Crippen LogP contribution in [0, 0.1) is 0 Å². The summed E-state index contributed by atoms with van der Waals surface area (Å²) in [5.74, 6) is 0.376. The van der Waals surface area contributed by atoms with Crippen LogP contribution in [-0.4, -0.2) is 32.8 Å². The third kappa shape index (κ3) is 1.75. The molecule has 6 heteroatoms. The zero-order valence-electron chi connectivity index (χ0n) is 9.52. The van der Waals surface area contributed by atoms with Gasteiger partial charge in [0.2, 0.25) is 0 Å². The van der Waals surface area contributed by atoms with Gasteiger partial charge in [-0.2, -0.15) is 5.10 Å². The Kier molecular flexibility index (Phi) is 2.79. The van der Waals surface area contributed by atoms with E-state index in [0.717, 1.165) is 18.5 Å². The van der Waals surface area contributed by atoms with Crippen LogP contribution >= 0.6 is 0 Å². The van der Waals surface area contributed by atoms with Crippen LogP contribution in [0.3, 0.4) is 0 Å².